The summed E-state index contributed by atoms with van der Waals surface area (Å²) in [5.41, 5.74) is 6.84. The van der Waals surface area contributed by atoms with Crippen LogP contribution in [-0.2, 0) is 0 Å². The molecule has 1 heterocycles. The molecule has 0 aromatic carbocycles. The van der Waals surface area contributed by atoms with Crippen LogP contribution in [-0.4, -0.2) is 4.98 Å². The van der Waals surface area contributed by atoms with Crippen LogP contribution in [0.1, 0.15) is 23.6 Å². The summed E-state index contributed by atoms with van der Waals surface area (Å²) >= 11 is 0. The number of nitrogens with two attached hydrogens (primary N) is 1. The molecule has 1 aromatic rings. The molecule has 0 saturated carbocycles. The van der Waals surface area contributed by atoms with Crippen molar-refractivity contribution in [2.75, 3.05) is 0 Å². The Morgan fingerprint density at radius 2 is 2.23 bits per heavy atom. The van der Waals surface area contributed by atoms with Crippen molar-refractivity contribution in [1.82, 2.24) is 4.98 Å². The highest BCUT2D eigenvalue weighted by atomic mass is 14.7. The lowest BCUT2D eigenvalue weighted by Crippen LogP contribution is -2.09. The van der Waals surface area contributed by atoms with E-state index in [1.807, 2.05) is 12.1 Å². The van der Waals surface area contributed by atoms with Crippen molar-refractivity contribution in [3.05, 3.63) is 29.6 Å². The predicted octanol–water partition coefficient (Wildman–Crippen LogP) is 0.867. The first-order valence-electron chi connectivity index (χ1n) is 3.75. The summed E-state index contributed by atoms with van der Waals surface area (Å²) in [5.74, 6) is 0. The van der Waals surface area contributed by atoms with Gasteiger partial charge in [-0.3, -0.25) is 4.98 Å². The molecular weight excluding hydrogens is 164 g/mol. The molecule has 0 amide bonds. The van der Waals surface area contributed by atoms with E-state index in [4.69, 9.17) is 16.3 Å². The molecule has 0 aliphatic rings. The SMILES string of the molecule is N#CCC(N)c1cncc(C#N)c1. The zero-order chi connectivity index (χ0) is 9.68. The summed E-state index contributed by atoms with van der Waals surface area (Å²) in [6.07, 6.45) is 3.27. The van der Waals surface area contributed by atoms with Crippen molar-refractivity contribution in [3.8, 4) is 12.1 Å². The van der Waals surface area contributed by atoms with Crippen LogP contribution >= 0.6 is 0 Å². The fraction of sp³-hybridized carbons (Fsp3) is 0.222. The second-order valence-corrected chi connectivity index (χ2v) is 2.59. The maximum Gasteiger partial charge on any atom is 0.101 e. The van der Waals surface area contributed by atoms with Crippen LogP contribution in [0, 0.1) is 22.7 Å². The van der Waals surface area contributed by atoms with Crippen LogP contribution in [0.15, 0.2) is 18.5 Å². The maximum atomic E-state index is 8.58. The molecule has 0 bridgehead atoms. The van der Waals surface area contributed by atoms with Gasteiger partial charge in [0.2, 0.25) is 0 Å². The molecule has 64 valence electrons. The van der Waals surface area contributed by atoms with E-state index in [9.17, 15) is 0 Å². The van der Waals surface area contributed by atoms with E-state index >= 15 is 0 Å². The summed E-state index contributed by atoms with van der Waals surface area (Å²) in [6.45, 7) is 0. The Hall–Kier alpha value is -1.91. The monoisotopic (exact) mass is 172 g/mol. The van der Waals surface area contributed by atoms with E-state index in [0.717, 1.165) is 5.56 Å². The van der Waals surface area contributed by atoms with Crippen molar-refractivity contribution < 1.29 is 0 Å². The van der Waals surface area contributed by atoms with Crippen LogP contribution in [0.2, 0.25) is 0 Å². The lowest BCUT2D eigenvalue weighted by atomic mass is 10.1. The van der Waals surface area contributed by atoms with Gasteiger partial charge in [-0.25, -0.2) is 0 Å². The molecule has 0 fully saturated rings. The van der Waals surface area contributed by atoms with Crippen molar-refractivity contribution in [1.29, 1.82) is 10.5 Å². The number of nitriles is 2. The fourth-order valence-corrected chi connectivity index (χ4v) is 0.938. The number of rotatable bonds is 2. The zero-order valence-electron chi connectivity index (χ0n) is 6.94. The molecule has 4 heteroatoms. The lowest BCUT2D eigenvalue weighted by Gasteiger charge is -2.06. The number of hydrogen-bond acceptors (Lipinski definition) is 4. The zero-order valence-corrected chi connectivity index (χ0v) is 6.94. The van der Waals surface area contributed by atoms with Crippen molar-refractivity contribution in [2.24, 2.45) is 5.73 Å². The number of pyridine rings is 1. The molecule has 1 aromatic heterocycles. The molecule has 0 radical (unpaired) electrons. The van der Waals surface area contributed by atoms with Crippen molar-refractivity contribution in [2.45, 2.75) is 12.5 Å². The first-order chi connectivity index (χ1) is 6.27. The van der Waals surface area contributed by atoms with E-state index < -0.39 is 0 Å². The van der Waals surface area contributed by atoms with Gasteiger partial charge in [-0.1, -0.05) is 0 Å². The van der Waals surface area contributed by atoms with E-state index in [-0.39, 0.29) is 12.5 Å². The van der Waals surface area contributed by atoms with Crippen LogP contribution in [0.3, 0.4) is 0 Å². The highest BCUT2D eigenvalue weighted by Crippen LogP contribution is 2.12. The first kappa shape index (κ1) is 9.18. The Morgan fingerprint density at radius 1 is 1.46 bits per heavy atom. The normalized spacial score (nSPS) is 11.3. The van der Waals surface area contributed by atoms with Crippen LogP contribution < -0.4 is 5.73 Å². The van der Waals surface area contributed by atoms with E-state index in [1.165, 1.54) is 6.20 Å². The second-order valence-electron chi connectivity index (χ2n) is 2.59. The first-order valence-corrected chi connectivity index (χ1v) is 3.75. The molecule has 0 saturated heterocycles. The average molecular weight is 172 g/mol. The molecule has 4 nitrogen and oxygen atoms in total. The molecule has 1 unspecified atom stereocenters. The summed E-state index contributed by atoms with van der Waals surface area (Å²) in [5, 5.41) is 17.0. The summed E-state index contributed by atoms with van der Waals surface area (Å²) in [6, 6.07) is 5.22. The quantitative estimate of drug-likeness (QED) is 0.716. The minimum Gasteiger partial charge on any atom is -0.323 e. The van der Waals surface area contributed by atoms with Gasteiger partial charge in [0, 0.05) is 18.4 Å². The third-order valence-electron chi connectivity index (χ3n) is 1.63. The Morgan fingerprint density at radius 3 is 2.85 bits per heavy atom. The van der Waals surface area contributed by atoms with Crippen LogP contribution in [0.5, 0.6) is 0 Å². The molecule has 0 aliphatic carbocycles. The maximum absolute atomic E-state index is 8.58. The fourth-order valence-electron chi connectivity index (χ4n) is 0.938. The van der Waals surface area contributed by atoms with E-state index in [0.29, 0.717) is 5.56 Å². The Bertz CT molecular complexity index is 372. The smallest absolute Gasteiger partial charge is 0.101 e. The van der Waals surface area contributed by atoms with Gasteiger partial charge in [0.15, 0.2) is 0 Å². The highest BCUT2D eigenvalue weighted by Gasteiger charge is 2.05. The Labute approximate surface area is 76.2 Å². The summed E-state index contributed by atoms with van der Waals surface area (Å²) in [4.78, 5) is 3.85. The standard InChI is InChI=1S/C9H8N4/c10-2-1-9(12)8-3-7(4-11)5-13-6-8/h3,5-6,9H,1,12H2. The molecule has 1 rings (SSSR count). The van der Waals surface area contributed by atoms with Crippen LogP contribution in [0.4, 0.5) is 0 Å². The van der Waals surface area contributed by atoms with Gasteiger partial charge in [-0.05, 0) is 11.6 Å². The molecule has 0 spiro atoms. The largest absolute Gasteiger partial charge is 0.323 e. The van der Waals surface area contributed by atoms with E-state index in [2.05, 4.69) is 4.98 Å². The molecular formula is C9H8N4. The second kappa shape index (κ2) is 4.20. The topological polar surface area (TPSA) is 86.5 Å². The predicted molar refractivity (Wildman–Crippen MR) is 46.1 cm³/mol. The van der Waals surface area contributed by atoms with E-state index in [1.54, 1.807) is 12.3 Å². The minimum absolute atomic E-state index is 0.233. The van der Waals surface area contributed by atoms with Gasteiger partial charge in [-0.15, -0.1) is 0 Å². The van der Waals surface area contributed by atoms with Crippen LogP contribution in [0.25, 0.3) is 0 Å². The third kappa shape index (κ3) is 2.26. The highest BCUT2D eigenvalue weighted by molar-refractivity contribution is 5.30. The molecule has 0 aliphatic heterocycles. The number of nitrogens with zero attached hydrogens (tertiary/aromatic N) is 3. The number of hydrogen-bond donors (Lipinski definition) is 1. The molecule has 13 heavy (non-hydrogen) atoms. The summed E-state index contributed by atoms with van der Waals surface area (Å²) < 4.78 is 0. The van der Waals surface area contributed by atoms with Gasteiger partial charge in [0.05, 0.1) is 18.1 Å². The Kier molecular flexibility index (Phi) is 2.97. The minimum atomic E-state index is -0.356. The van der Waals surface area contributed by atoms with Gasteiger partial charge in [0.1, 0.15) is 6.07 Å². The summed E-state index contributed by atoms with van der Waals surface area (Å²) in [7, 11) is 0. The average Bonchev–Trinajstić information content (AvgIpc) is 2.18. The van der Waals surface area contributed by atoms with Gasteiger partial charge >= 0.3 is 0 Å². The third-order valence-corrected chi connectivity index (χ3v) is 1.63. The number of aromatic nitrogens is 1. The molecule has 1 atom stereocenters. The van der Waals surface area contributed by atoms with Crippen molar-refractivity contribution in [3.63, 3.8) is 0 Å². The molecule has 2 N–H and O–H groups in total. The van der Waals surface area contributed by atoms with Gasteiger partial charge in [0.25, 0.3) is 0 Å². The lowest BCUT2D eigenvalue weighted by molar-refractivity contribution is 0.743. The van der Waals surface area contributed by atoms with Gasteiger partial charge < -0.3 is 5.73 Å². The van der Waals surface area contributed by atoms with Gasteiger partial charge in [-0.2, -0.15) is 10.5 Å². The van der Waals surface area contributed by atoms with Crippen molar-refractivity contribution >= 4 is 0 Å². The Balaban J connectivity index is 2.91.